The van der Waals surface area contributed by atoms with Gasteiger partial charge in [-0.15, -0.1) is 5.10 Å². The molecule has 0 bridgehead atoms. The van der Waals surface area contributed by atoms with Crippen LogP contribution in [0.2, 0.25) is 0 Å². The van der Waals surface area contributed by atoms with Crippen LogP contribution in [-0.4, -0.2) is 51.3 Å². The van der Waals surface area contributed by atoms with Crippen LogP contribution >= 0.6 is 0 Å². The molecule has 1 saturated heterocycles. The van der Waals surface area contributed by atoms with Gasteiger partial charge >= 0.3 is 0 Å². The standard InChI is InChI=1S/C23H29FN6/c1-18(2)16-22(23-25-26-27-30(23)17-19-8-4-3-5-9-19)29-14-12-28(13-15-29)21-11-7-6-10-20(21)24/h3-11,18,22H,12-17H2,1-2H3/t22-/m1/s1. The van der Waals surface area contributed by atoms with Gasteiger partial charge in [-0.3, -0.25) is 4.90 Å². The Morgan fingerprint density at radius 1 is 0.933 bits per heavy atom. The highest BCUT2D eigenvalue weighted by molar-refractivity contribution is 5.48. The normalized spacial score (nSPS) is 16.2. The van der Waals surface area contributed by atoms with E-state index in [9.17, 15) is 4.39 Å². The summed E-state index contributed by atoms with van der Waals surface area (Å²) in [5.41, 5.74) is 1.87. The van der Waals surface area contributed by atoms with E-state index in [1.165, 1.54) is 11.6 Å². The topological polar surface area (TPSA) is 50.1 Å². The molecular formula is C23H29FN6. The molecule has 1 aliphatic heterocycles. The van der Waals surface area contributed by atoms with E-state index in [0.29, 0.717) is 18.2 Å². The van der Waals surface area contributed by atoms with Crippen LogP contribution in [0.3, 0.4) is 0 Å². The van der Waals surface area contributed by atoms with Crippen molar-refractivity contribution in [2.75, 3.05) is 31.1 Å². The van der Waals surface area contributed by atoms with Crippen molar-refractivity contribution in [3.63, 3.8) is 0 Å². The molecule has 4 rings (SSSR count). The van der Waals surface area contributed by atoms with Crippen LogP contribution in [-0.2, 0) is 6.54 Å². The number of benzene rings is 2. The minimum Gasteiger partial charge on any atom is -0.367 e. The Morgan fingerprint density at radius 2 is 1.63 bits per heavy atom. The molecule has 7 heteroatoms. The Balaban J connectivity index is 1.51. The summed E-state index contributed by atoms with van der Waals surface area (Å²) < 4.78 is 16.1. The predicted octanol–water partition coefficient (Wildman–Crippen LogP) is 3.77. The lowest BCUT2D eigenvalue weighted by atomic mass is 10.0. The van der Waals surface area contributed by atoms with Gasteiger partial charge in [0.25, 0.3) is 0 Å². The molecule has 1 atom stereocenters. The van der Waals surface area contributed by atoms with Crippen molar-refractivity contribution < 1.29 is 4.39 Å². The number of halogens is 1. The number of rotatable bonds is 7. The fourth-order valence-electron chi connectivity index (χ4n) is 4.17. The number of anilines is 1. The van der Waals surface area contributed by atoms with Crippen molar-refractivity contribution in [2.45, 2.75) is 32.9 Å². The van der Waals surface area contributed by atoms with Crippen molar-refractivity contribution in [1.29, 1.82) is 0 Å². The van der Waals surface area contributed by atoms with E-state index in [1.807, 2.05) is 35.0 Å². The Labute approximate surface area is 177 Å². The summed E-state index contributed by atoms with van der Waals surface area (Å²) in [5, 5.41) is 12.7. The molecule has 0 spiro atoms. The highest BCUT2D eigenvalue weighted by atomic mass is 19.1. The predicted molar refractivity (Wildman–Crippen MR) is 116 cm³/mol. The highest BCUT2D eigenvalue weighted by Gasteiger charge is 2.30. The van der Waals surface area contributed by atoms with E-state index < -0.39 is 0 Å². The lowest BCUT2D eigenvalue weighted by Crippen LogP contribution is -2.48. The number of aromatic nitrogens is 4. The van der Waals surface area contributed by atoms with Crippen LogP contribution in [0.25, 0.3) is 0 Å². The molecule has 2 heterocycles. The second-order valence-corrected chi connectivity index (χ2v) is 8.30. The maximum atomic E-state index is 14.2. The summed E-state index contributed by atoms with van der Waals surface area (Å²) in [5.74, 6) is 1.27. The molecule has 0 N–H and O–H groups in total. The molecule has 3 aromatic rings. The lowest BCUT2D eigenvalue weighted by molar-refractivity contribution is 0.153. The Kier molecular flexibility index (Phi) is 6.38. The average molecular weight is 409 g/mol. The second kappa shape index (κ2) is 9.34. The van der Waals surface area contributed by atoms with Crippen molar-refractivity contribution >= 4 is 5.69 Å². The van der Waals surface area contributed by atoms with Gasteiger partial charge in [-0.2, -0.15) is 0 Å². The molecule has 0 radical (unpaired) electrons. The third-order valence-electron chi connectivity index (χ3n) is 5.68. The largest absolute Gasteiger partial charge is 0.367 e. The van der Waals surface area contributed by atoms with Crippen LogP contribution in [0.15, 0.2) is 54.6 Å². The van der Waals surface area contributed by atoms with Crippen LogP contribution in [0.5, 0.6) is 0 Å². The van der Waals surface area contributed by atoms with Gasteiger partial charge in [0.05, 0.1) is 18.3 Å². The zero-order chi connectivity index (χ0) is 20.9. The monoisotopic (exact) mass is 408 g/mol. The first-order valence-electron chi connectivity index (χ1n) is 10.7. The van der Waals surface area contributed by atoms with Gasteiger partial charge in [0.2, 0.25) is 0 Å². The third kappa shape index (κ3) is 4.67. The number of piperazine rings is 1. The van der Waals surface area contributed by atoms with Gasteiger partial charge in [0, 0.05) is 26.2 Å². The number of hydrogen-bond donors (Lipinski definition) is 0. The first-order valence-corrected chi connectivity index (χ1v) is 10.7. The fraction of sp³-hybridized carbons (Fsp3) is 0.435. The number of tetrazole rings is 1. The summed E-state index contributed by atoms with van der Waals surface area (Å²) in [6.07, 6.45) is 0.981. The summed E-state index contributed by atoms with van der Waals surface area (Å²) in [4.78, 5) is 4.58. The molecule has 0 amide bonds. The van der Waals surface area contributed by atoms with Crippen molar-refractivity contribution in [1.82, 2.24) is 25.1 Å². The lowest BCUT2D eigenvalue weighted by Gasteiger charge is -2.40. The minimum atomic E-state index is -0.156. The molecule has 1 aromatic heterocycles. The molecule has 1 fully saturated rings. The van der Waals surface area contributed by atoms with E-state index in [2.05, 4.69) is 51.3 Å². The summed E-state index contributed by atoms with van der Waals surface area (Å²) in [7, 11) is 0. The van der Waals surface area contributed by atoms with Gasteiger partial charge < -0.3 is 4.90 Å². The average Bonchev–Trinajstić information content (AvgIpc) is 3.21. The Morgan fingerprint density at radius 3 is 2.33 bits per heavy atom. The van der Waals surface area contributed by atoms with Crippen LogP contribution in [0, 0.1) is 11.7 Å². The molecule has 0 unspecified atom stereocenters. The maximum absolute atomic E-state index is 14.2. The third-order valence-corrected chi connectivity index (χ3v) is 5.68. The van der Waals surface area contributed by atoms with Gasteiger partial charge in [0.1, 0.15) is 5.82 Å². The van der Waals surface area contributed by atoms with E-state index in [0.717, 1.165) is 38.4 Å². The SMILES string of the molecule is CC(C)C[C@H](c1nnnn1Cc1ccccc1)N1CCN(c2ccccc2F)CC1. The first-order chi connectivity index (χ1) is 14.6. The molecule has 2 aromatic carbocycles. The smallest absolute Gasteiger partial charge is 0.168 e. The second-order valence-electron chi connectivity index (χ2n) is 8.30. The Hall–Kier alpha value is -2.80. The minimum absolute atomic E-state index is 0.145. The van der Waals surface area contributed by atoms with Gasteiger partial charge in [-0.25, -0.2) is 9.07 Å². The van der Waals surface area contributed by atoms with Gasteiger partial charge in [-0.05, 0) is 40.5 Å². The summed E-state index contributed by atoms with van der Waals surface area (Å²) in [6.45, 7) is 8.40. The molecule has 158 valence electrons. The zero-order valence-electron chi connectivity index (χ0n) is 17.7. The van der Waals surface area contributed by atoms with Gasteiger partial charge in [-0.1, -0.05) is 56.3 Å². The first kappa shape index (κ1) is 20.5. The Bertz CT molecular complexity index is 934. The molecule has 1 aliphatic rings. The van der Waals surface area contributed by atoms with Gasteiger partial charge in [0.15, 0.2) is 5.82 Å². The molecular weight excluding hydrogens is 379 g/mol. The number of para-hydroxylation sites is 1. The quantitative estimate of drug-likeness (QED) is 0.596. The van der Waals surface area contributed by atoms with E-state index in [-0.39, 0.29) is 11.9 Å². The van der Waals surface area contributed by atoms with E-state index >= 15 is 0 Å². The highest BCUT2D eigenvalue weighted by Crippen LogP contribution is 2.29. The van der Waals surface area contributed by atoms with E-state index in [1.54, 1.807) is 6.07 Å². The molecule has 0 aliphatic carbocycles. The van der Waals surface area contributed by atoms with Crippen molar-refractivity contribution in [2.24, 2.45) is 5.92 Å². The van der Waals surface area contributed by atoms with Crippen molar-refractivity contribution in [3.05, 3.63) is 71.8 Å². The van der Waals surface area contributed by atoms with Crippen LogP contribution in [0.1, 0.15) is 37.7 Å². The number of hydrogen-bond acceptors (Lipinski definition) is 5. The fourth-order valence-corrected chi connectivity index (χ4v) is 4.17. The summed E-state index contributed by atoms with van der Waals surface area (Å²) in [6, 6.07) is 17.4. The molecule has 30 heavy (non-hydrogen) atoms. The number of nitrogens with zero attached hydrogens (tertiary/aromatic N) is 6. The molecule has 0 saturated carbocycles. The maximum Gasteiger partial charge on any atom is 0.168 e. The zero-order valence-corrected chi connectivity index (χ0v) is 17.7. The van der Waals surface area contributed by atoms with E-state index in [4.69, 9.17) is 0 Å². The van der Waals surface area contributed by atoms with Crippen LogP contribution < -0.4 is 4.90 Å². The van der Waals surface area contributed by atoms with Crippen molar-refractivity contribution in [3.8, 4) is 0 Å². The molecule has 6 nitrogen and oxygen atoms in total. The van der Waals surface area contributed by atoms with Crippen LogP contribution in [0.4, 0.5) is 10.1 Å². The summed E-state index contributed by atoms with van der Waals surface area (Å²) >= 11 is 0.